The first-order chi connectivity index (χ1) is 10.6. The van der Waals surface area contributed by atoms with Crippen molar-refractivity contribution in [3.05, 3.63) is 58.6 Å². The van der Waals surface area contributed by atoms with Crippen molar-refractivity contribution in [2.75, 3.05) is 12.9 Å². The van der Waals surface area contributed by atoms with E-state index in [1.54, 1.807) is 7.11 Å². The van der Waals surface area contributed by atoms with Crippen LogP contribution in [-0.4, -0.2) is 18.8 Å². The highest BCUT2D eigenvalue weighted by Gasteiger charge is 2.10. The molecule has 0 spiro atoms. The molecule has 0 bridgehead atoms. The number of nitrogens with one attached hydrogen (secondary N) is 1. The Kier molecular flexibility index (Phi) is 6.34. The zero-order chi connectivity index (χ0) is 15.9. The highest BCUT2D eigenvalue weighted by Crippen LogP contribution is 2.22. The Morgan fingerprint density at radius 3 is 2.64 bits per heavy atom. The van der Waals surface area contributed by atoms with Gasteiger partial charge in [-0.25, -0.2) is 0 Å². The predicted molar refractivity (Wildman–Crippen MR) is 94.4 cm³/mol. The molecule has 1 N–H and O–H groups in total. The number of methoxy groups -OCH3 is 1. The van der Waals surface area contributed by atoms with Crippen LogP contribution in [0.2, 0.25) is 0 Å². The minimum absolute atomic E-state index is 0.0125. The third kappa shape index (κ3) is 5.07. The molecule has 116 valence electrons. The van der Waals surface area contributed by atoms with Gasteiger partial charge in [-0.15, -0.1) is 11.8 Å². The van der Waals surface area contributed by atoms with Crippen molar-refractivity contribution in [1.29, 1.82) is 0 Å². The van der Waals surface area contributed by atoms with Gasteiger partial charge in [0.05, 0.1) is 18.9 Å². The standard InChI is InChI=1S/C17H18BrNO2S/c1-12(13-4-3-5-14(18)10-13)19-17(20)11-22-16-8-6-15(21-2)7-9-16/h3-10,12H,11H2,1-2H3,(H,19,20). The summed E-state index contributed by atoms with van der Waals surface area (Å²) in [6.45, 7) is 1.98. The molecule has 0 aliphatic rings. The number of thioether (sulfide) groups is 1. The molecule has 0 heterocycles. The molecule has 0 aliphatic carbocycles. The smallest absolute Gasteiger partial charge is 0.230 e. The normalized spacial score (nSPS) is 11.8. The molecule has 1 amide bonds. The lowest BCUT2D eigenvalue weighted by molar-refractivity contribution is -0.119. The van der Waals surface area contributed by atoms with Crippen molar-refractivity contribution in [3.63, 3.8) is 0 Å². The number of benzene rings is 2. The third-order valence-corrected chi connectivity index (χ3v) is 4.66. The fraction of sp³-hybridized carbons (Fsp3) is 0.235. The molecule has 0 aliphatic heterocycles. The average Bonchev–Trinajstić information content (AvgIpc) is 2.53. The maximum atomic E-state index is 12.0. The summed E-state index contributed by atoms with van der Waals surface area (Å²) < 4.78 is 6.13. The fourth-order valence-electron chi connectivity index (χ4n) is 1.96. The summed E-state index contributed by atoms with van der Waals surface area (Å²) >= 11 is 4.95. The molecular formula is C17H18BrNO2S. The lowest BCUT2D eigenvalue weighted by Crippen LogP contribution is -2.28. The summed E-state index contributed by atoms with van der Waals surface area (Å²) in [4.78, 5) is 13.1. The minimum Gasteiger partial charge on any atom is -0.497 e. The van der Waals surface area contributed by atoms with E-state index in [4.69, 9.17) is 4.74 Å². The lowest BCUT2D eigenvalue weighted by atomic mass is 10.1. The van der Waals surface area contributed by atoms with Gasteiger partial charge in [-0.1, -0.05) is 28.1 Å². The molecule has 1 atom stereocenters. The monoisotopic (exact) mass is 379 g/mol. The van der Waals surface area contributed by atoms with Crippen molar-refractivity contribution in [1.82, 2.24) is 5.32 Å². The van der Waals surface area contributed by atoms with Gasteiger partial charge >= 0.3 is 0 Å². The number of carbonyl (C=O) groups is 1. The van der Waals surface area contributed by atoms with Crippen LogP contribution >= 0.6 is 27.7 Å². The molecule has 0 saturated heterocycles. The molecule has 0 saturated carbocycles. The van der Waals surface area contributed by atoms with Gasteiger partial charge in [0.25, 0.3) is 0 Å². The van der Waals surface area contributed by atoms with Gasteiger partial charge in [0, 0.05) is 9.37 Å². The quantitative estimate of drug-likeness (QED) is 0.754. The first-order valence-electron chi connectivity index (χ1n) is 6.90. The van der Waals surface area contributed by atoms with Gasteiger partial charge < -0.3 is 10.1 Å². The van der Waals surface area contributed by atoms with Crippen LogP contribution in [0.1, 0.15) is 18.5 Å². The SMILES string of the molecule is COc1ccc(SCC(=O)NC(C)c2cccc(Br)c2)cc1. The second-order valence-corrected chi connectivity index (χ2v) is 6.77. The summed E-state index contributed by atoms with van der Waals surface area (Å²) in [5, 5.41) is 3.01. The topological polar surface area (TPSA) is 38.3 Å². The first kappa shape index (κ1) is 16.9. The van der Waals surface area contributed by atoms with E-state index in [-0.39, 0.29) is 11.9 Å². The van der Waals surface area contributed by atoms with Gasteiger partial charge in [0.1, 0.15) is 5.75 Å². The van der Waals surface area contributed by atoms with Crippen molar-refractivity contribution in [2.45, 2.75) is 17.9 Å². The summed E-state index contributed by atoms with van der Waals surface area (Å²) in [5.41, 5.74) is 1.08. The van der Waals surface area contributed by atoms with Crippen LogP contribution < -0.4 is 10.1 Å². The lowest BCUT2D eigenvalue weighted by Gasteiger charge is -2.14. The second-order valence-electron chi connectivity index (χ2n) is 4.81. The molecule has 0 fully saturated rings. The van der Waals surface area contributed by atoms with Crippen molar-refractivity contribution < 1.29 is 9.53 Å². The molecular weight excluding hydrogens is 362 g/mol. The van der Waals surface area contributed by atoms with E-state index < -0.39 is 0 Å². The van der Waals surface area contributed by atoms with Crippen molar-refractivity contribution >= 4 is 33.6 Å². The Morgan fingerprint density at radius 1 is 1.27 bits per heavy atom. The molecule has 1 unspecified atom stereocenters. The van der Waals surface area contributed by atoms with Crippen LogP contribution in [0.15, 0.2) is 57.9 Å². The number of carbonyl (C=O) groups excluding carboxylic acids is 1. The molecule has 22 heavy (non-hydrogen) atoms. The number of ether oxygens (including phenoxy) is 1. The maximum absolute atomic E-state index is 12.0. The molecule has 2 aromatic rings. The van der Waals surface area contributed by atoms with Crippen LogP contribution in [0, 0.1) is 0 Å². The van der Waals surface area contributed by atoms with Crippen LogP contribution in [0.25, 0.3) is 0 Å². The van der Waals surface area contributed by atoms with E-state index in [9.17, 15) is 4.79 Å². The Hall–Kier alpha value is -1.46. The van der Waals surface area contributed by atoms with E-state index in [2.05, 4.69) is 21.2 Å². The number of rotatable bonds is 6. The largest absolute Gasteiger partial charge is 0.497 e. The Labute approximate surface area is 143 Å². The van der Waals surface area contributed by atoms with E-state index in [0.717, 1.165) is 20.7 Å². The molecule has 0 radical (unpaired) electrons. The van der Waals surface area contributed by atoms with Crippen LogP contribution in [0.5, 0.6) is 5.75 Å². The van der Waals surface area contributed by atoms with E-state index >= 15 is 0 Å². The number of hydrogen-bond acceptors (Lipinski definition) is 3. The predicted octanol–water partition coefficient (Wildman–Crippen LogP) is 4.43. The van der Waals surface area contributed by atoms with Gasteiger partial charge in [0.15, 0.2) is 0 Å². The van der Waals surface area contributed by atoms with Gasteiger partial charge in [0.2, 0.25) is 5.91 Å². The average molecular weight is 380 g/mol. The summed E-state index contributed by atoms with van der Waals surface area (Å²) in [5.74, 6) is 1.23. The number of hydrogen-bond donors (Lipinski definition) is 1. The van der Waals surface area contributed by atoms with Gasteiger partial charge in [-0.05, 0) is 48.9 Å². The minimum atomic E-state index is -0.0125. The zero-order valence-electron chi connectivity index (χ0n) is 12.5. The summed E-state index contributed by atoms with van der Waals surface area (Å²) in [7, 11) is 1.64. The Bertz CT molecular complexity index is 631. The summed E-state index contributed by atoms with van der Waals surface area (Å²) in [6, 6.07) is 15.6. The fourth-order valence-corrected chi connectivity index (χ4v) is 3.09. The molecule has 2 aromatic carbocycles. The van der Waals surface area contributed by atoms with E-state index in [0.29, 0.717) is 5.75 Å². The zero-order valence-corrected chi connectivity index (χ0v) is 14.9. The number of halogens is 1. The Morgan fingerprint density at radius 2 is 2.00 bits per heavy atom. The van der Waals surface area contributed by atoms with E-state index in [1.165, 1.54) is 11.8 Å². The molecule has 5 heteroatoms. The molecule has 3 nitrogen and oxygen atoms in total. The number of amides is 1. The first-order valence-corrected chi connectivity index (χ1v) is 8.68. The van der Waals surface area contributed by atoms with Crippen LogP contribution in [0.4, 0.5) is 0 Å². The highest BCUT2D eigenvalue weighted by atomic mass is 79.9. The summed E-state index contributed by atoms with van der Waals surface area (Å²) in [6.07, 6.45) is 0. The molecule has 2 rings (SSSR count). The molecule has 0 aromatic heterocycles. The van der Waals surface area contributed by atoms with E-state index in [1.807, 2.05) is 55.5 Å². The van der Waals surface area contributed by atoms with Crippen LogP contribution in [0.3, 0.4) is 0 Å². The van der Waals surface area contributed by atoms with Crippen molar-refractivity contribution in [2.24, 2.45) is 0 Å². The third-order valence-electron chi connectivity index (χ3n) is 3.16. The highest BCUT2D eigenvalue weighted by molar-refractivity contribution is 9.10. The Balaban J connectivity index is 1.84. The maximum Gasteiger partial charge on any atom is 0.230 e. The van der Waals surface area contributed by atoms with Crippen LogP contribution in [-0.2, 0) is 4.79 Å². The van der Waals surface area contributed by atoms with Gasteiger partial charge in [-0.2, -0.15) is 0 Å². The second kappa shape index (κ2) is 8.25. The van der Waals surface area contributed by atoms with Crippen molar-refractivity contribution in [3.8, 4) is 5.75 Å². The van der Waals surface area contributed by atoms with Gasteiger partial charge in [-0.3, -0.25) is 4.79 Å².